The molecule has 0 bridgehead atoms. The molecular weight excluding hydrogens is 223 g/mol. The number of hydrogen-bond donors (Lipinski definition) is 4. The van der Waals surface area contributed by atoms with Crippen molar-refractivity contribution < 1.29 is 45.8 Å². The molecule has 0 aliphatic carbocycles. The molecule has 0 saturated heterocycles. The van der Waals surface area contributed by atoms with Gasteiger partial charge in [-0.2, -0.15) is 0 Å². The number of carboxylic acid groups (broad SMARTS) is 3. The van der Waals surface area contributed by atoms with E-state index in [1.54, 1.807) is 0 Å². The van der Waals surface area contributed by atoms with Gasteiger partial charge in [0, 0.05) is 0 Å². The van der Waals surface area contributed by atoms with E-state index >= 15 is 0 Å². The van der Waals surface area contributed by atoms with Crippen LogP contribution in [0.15, 0.2) is 0 Å². The van der Waals surface area contributed by atoms with Crippen LogP contribution in [0.4, 0.5) is 0 Å². The third-order valence-electron chi connectivity index (χ3n) is 1.29. The Kier molecular flexibility index (Phi) is 13.8. The first-order chi connectivity index (χ1) is 5.78. The van der Waals surface area contributed by atoms with E-state index in [-0.39, 0.29) is 29.8 Å². The third kappa shape index (κ3) is 8.22. The van der Waals surface area contributed by atoms with Crippen LogP contribution in [0, 0.1) is 0 Å². The van der Waals surface area contributed by atoms with Crippen molar-refractivity contribution in [3.8, 4) is 0 Å². The van der Waals surface area contributed by atoms with Crippen molar-refractivity contribution in [1.82, 2.24) is 0 Å². The number of rotatable bonds is 5. The van der Waals surface area contributed by atoms with E-state index in [1.165, 1.54) is 0 Å². The molecule has 0 aromatic heterocycles. The predicted octanol–water partition coefficient (Wildman–Crippen LogP) is -3.55. The standard InChI is InChI=1S/C6H8O7.Li.2H2O.H/c7-3(8)1-6(13,5(11)12)2-4(9)10;;;;/h13H,1-2H2,(H,7,8)(H,9,10)(H,11,12);;2*1H2;. The molecule has 0 heterocycles. The van der Waals surface area contributed by atoms with Gasteiger partial charge in [-0.25, -0.2) is 4.79 Å². The molecule has 0 radical (unpaired) electrons. The van der Waals surface area contributed by atoms with Crippen LogP contribution in [0.3, 0.4) is 0 Å². The second-order valence-electron chi connectivity index (χ2n) is 2.48. The van der Waals surface area contributed by atoms with Crippen molar-refractivity contribution in [3.05, 3.63) is 0 Å². The fourth-order valence-corrected chi connectivity index (χ4v) is 0.714. The fraction of sp³-hybridized carbons (Fsp3) is 0.500. The summed E-state index contributed by atoms with van der Waals surface area (Å²) in [7, 11) is 0. The van der Waals surface area contributed by atoms with Gasteiger partial charge in [-0.05, 0) is 0 Å². The summed E-state index contributed by atoms with van der Waals surface area (Å²) in [6, 6.07) is 0. The Morgan fingerprint density at radius 1 is 0.875 bits per heavy atom. The van der Waals surface area contributed by atoms with Gasteiger partial charge in [-0.1, -0.05) is 0 Å². The minimum atomic E-state index is -2.74. The average Bonchev–Trinajstić information content (AvgIpc) is 1.82. The molecule has 0 fully saturated rings. The average molecular weight is 236 g/mol. The molecule has 10 heteroatoms. The zero-order chi connectivity index (χ0) is 10.6. The van der Waals surface area contributed by atoms with Crippen LogP contribution in [0.25, 0.3) is 0 Å². The molecule has 0 spiro atoms. The Bertz CT molecular complexity index is 234. The number of aliphatic hydroxyl groups is 1. The van der Waals surface area contributed by atoms with Gasteiger partial charge in [-0.15, -0.1) is 0 Å². The van der Waals surface area contributed by atoms with Gasteiger partial charge in [-0.3, -0.25) is 9.59 Å². The first kappa shape index (κ1) is 24.2. The van der Waals surface area contributed by atoms with Gasteiger partial charge in [0.15, 0.2) is 5.60 Å². The van der Waals surface area contributed by atoms with E-state index in [2.05, 4.69) is 0 Å². The minimum absolute atomic E-state index is 0. The van der Waals surface area contributed by atoms with Crippen LogP contribution in [-0.4, -0.2) is 73.7 Å². The maximum absolute atomic E-state index is 10.3. The van der Waals surface area contributed by atoms with Gasteiger partial charge in [0.2, 0.25) is 0 Å². The fourth-order valence-electron chi connectivity index (χ4n) is 0.714. The van der Waals surface area contributed by atoms with Crippen LogP contribution in [0.2, 0.25) is 0 Å². The van der Waals surface area contributed by atoms with E-state index < -0.39 is 36.4 Å². The summed E-state index contributed by atoms with van der Waals surface area (Å²) < 4.78 is 0. The topological polar surface area (TPSA) is 195 Å². The van der Waals surface area contributed by atoms with E-state index in [0.29, 0.717) is 0 Å². The summed E-state index contributed by atoms with van der Waals surface area (Å²) in [5, 5.41) is 33.8. The molecule has 92 valence electrons. The van der Waals surface area contributed by atoms with Crippen molar-refractivity contribution in [2.45, 2.75) is 18.4 Å². The molecule has 0 aliphatic heterocycles. The summed E-state index contributed by atoms with van der Waals surface area (Å²) in [6.45, 7) is 0. The summed E-state index contributed by atoms with van der Waals surface area (Å²) in [6.07, 6.45) is -2.29. The molecule has 16 heavy (non-hydrogen) atoms. The molecule has 0 aromatic carbocycles. The first-order valence-corrected chi connectivity index (χ1v) is 3.17. The van der Waals surface area contributed by atoms with Crippen LogP contribution in [0.5, 0.6) is 0 Å². The van der Waals surface area contributed by atoms with Crippen molar-refractivity contribution in [2.75, 3.05) is 0 Å². The summed E-state index contributed by atoms with van der Waals surface area (Å²) >= 11 is 0. The summed E-state index contributed by atoms with van der Waals surface area (Å²) in [5.41, 5.74) is -2.74. The molecule has 8 N–H and O–H groups in total. The van der Waals surface area contributed by atoms with Crippen molar-refractivity contribution >= 4 is 36.8 Å². The zero-order valence-corrected chi connectivity index (χ0v) is 7.43. The Hall–Kier alpha value is -1.11. The van der Waals surface area contributed by atoms with Crippen LogP contribution >= 0.6 is 0 Å². The normalized spacial score (nSPS) is 8.81. The monoisotopic (exact) mass is 236 g/mol. The van der Waals surface area contributed by atoms with Gasteiger partial charge >= 0.3 is 36.8 Å². The Balaban J connectivity index is -0.000000240. The summed E-state index contributed by atoms with van der Waals surface area (Å²) in [4.78, 5) is 30.5. The van der Waals surface area contributed by atoms with E-state index in [4.69, 9.17) is 20.4 Å². The molecule has 9 nitrogen and oxygen atoms in total. The van der Waals surface area contributed by atoms with Gasteiger partial charge < -0.3 is 31.4 Å². The van der Waals surface area contributed by atoms with Crippen LogP contribution < -0.4 is 0 Å². The van der Waals surface area contributed by atoms with Gasteiger partial charge in [0.1, 0.15) is 0 Å². The quantitative estimate of drug-likeness (QED) is 0.354. The van der Waals surface area contributed by atoms with Crippen molar-refractivity contribution in [2.24, 2.45) is 0 Å². The molecule has 0 atom stereocenters. The Morgan fingerprint density at radius 3 is 1.25 bits per heavy atom. The molecule has 0 aliphatic rings. The number of hydrogen-bond acceptors (Lipinski definition) is 4. The second-order valence-corrected chi connectivity index (χ2v) is 2.48. The zero-order valence-electron chi connectivity index (χ0n) is 7.43. The van der Waals surface area contributed by atoms with Gasteiger partial charge in [0.25, 0.3) is 0 Å². The van der Waals surface area contributed by atoms with E-state index in [0.717, 1.165) is 0 Å². The predicted molar refractivity (Wildman–Crippen MR) is 51.5 cm³/mol. The summed E-state index contributed by atoms with van der Waals surface area (Å²) in [5.74, 6) is -5.02. The van der Waals surface area contributed by atoms with Crippen molar-refractivity contribution in [1.29, 1.82) is 0 Å². The van der Waals surface area contributed by atoms with Crippen LogP contribution in [0.1, 0.15) is 12.8 Å². The Morgan fingerprint density at radius 2 is 1.12 bits per heavy atom. The maximum atomic E-state index is 10.3. The van der Waals surface area contributed by atoms with E-state index in [9.17, 15) is 14.4 Å². The molecule has 0 unspecified atom stereocenters. The number of carbonyl (C=O) groups is 3. The van der Waals surface area contributed by atoms with Gasteiger partial charge in [0.05, 0.1) is 12.8 Å². The number of carboxylic acids is 3. The molecule has 0 saturated carbocycles. The van der Waals surface area contributed by atoms with E-state index in [1.807, 2.05) is 0 Å². The second kappa shape index (κ2) is 9.14. The SMILES string of the molecule is O.O.O=C(O)CC(O)(CC(=O)O)C(=O)O.[LiH]. The number of aliphatic carboxylic acids is 3. The molecule has 0 aromatic rings. The molecule has 0 rings (SSSR count). The Labute approximate surface area is 101 Å². The van der Waals surface area contributed by atoms with Crippen LogP contribution in [-0.2, 0) is 14.4 Å². The molecular formula is C6H13LiO9. The third-order valence-corrected chi connectivity index (χ3v) is 1.29. The molecule has 0 amide bonds. The first-order valence-electron chi connectivity index (χ1n) is 3.17. The van der Waals surface area contributed by atoms with Crippen molar-refractivity contribution in [3.63, 3.8) is 0 Å².